The third-order valence-corrected chi connectivity index (χ3v) is 3.85. The summed E-state index contributed by atoms with van der Waals surface area (Å²) >= 11 is 0. The lowest BCUT2D eigenvalue weighted by molar-refractivity contribution is -0.128. The first kappa shape index (κ1) is 16.5. The molecule has 0 spiro atoms. The number of nitrogens with one attached hydrogen (secondary N) is 1. The lowest BCUT2D eigenvalue weighted by atomic mass is 9.95. The molecule has 0 radical (unpaired) electrons. The molecule has 0 aromatic heterocycles. The summed E-state index contributed by atoms with van der Waals surface area (Å²) in [6.07, 6.45) is 0.864. The fourth-order valence-corrected chi connectivity index (χ4v) is 2.37. The summed E-state index contributed by atoms with van der Waals surface area (Å²) in [5.41, 5.74) is 7.08. The van der Waals surface area contributed by atoms with Crippen LogP contribution in [0.15, 0.2) is 24.3 Å². The molecule has 120 valence electrons. The highest BCUT2D eigenvalue weighted by molar-refractivity contribution is 5.94. The van der Waals surface area contributed by atoms with Gasteiger partial charge in [-0.2, -0.15) is 0 Å². The van der Waals surface area contributed by atoms with E-state index in [9.17, 15) is 9.59 Å². The van der Waals surface area contributed by atoms with Crippen molar-refractivity contribution in [2.75, 3.05) is 13.1 Å². The van der Waals surface area contributed by atoms with Crippen molar-refractivity contribution < 1.29 is 9.59 Å². The highest BCUT2D eigenvalue weighted by Crippen LogP contribution is 2.15. The number of hydrogen-bond donors (Lipinski definition) is 2. The molecule has 1 fully saturated rings. The predicted octanol–water partition coefficient (Wildman–Crippen LogP) is 1.52. The quantitative estimate of drug-likeness (QED) is 0.889. The van der Waals surface area contributed by atoms with Gasteiger partial charge in [-0.25, -0.2) is 0 Å². The van der Waals surface area contributed by atoms with Crippen molar-refractivity contribution in [1.82, 2.24) is 10.2 Å². The Hall–Kier alpha value is -1.88. The molecule has 1 aliphatic rings. The van der Waals surface area contributed by atoms with Crippen LogP contribution < -0.4 is 11.1 Å². The summed E-state index contributed by atoms with van der Waals surface area (Å²) in [5, 5.41) is 2.90. The van der Waals surface area contributed by atoms with E-state index in [1.54, 1.807) is 4.90 Å². The van der Waals surface area contributed by atoms with Gasteiger partial charge in [-0.1, -0.05) is 32.9 Å². The van der Waals surface area contributed by atoms with E-state index in [1.165, 1.54) is 0 Å². The van der Waals surface area contributed by atoms with Crippen molar-refractivity contribution in [2.24, 2.45) is 11.1 Å². The monoisotopic (exact) mass is 303 g/mol. The van der Waals surface area contributed by atoms with Crippen LogP contribution in [0.3, 0.4) is 0 Å². The van der Waals surface area contributed by atoms with Crippen molar-refractivity contribution in [2.45, 2.75) is 39.8 Å². The van der Waals surface area contributed by atoms with Crippen LogP contribution in [-0.2, 0) is 11.3 Å². The fourth-order valence-electron chi connectivity index (χ4n) is 2.37. The minimum atomic E-state index is -0.398. The third-order valence-electron chi connectivity index (χ3n) is 3.85. The maximum atomic E-state index is 12.3. The van der Waals surface area contributed by atoms with Crippen molar-refractivity contribution in [1.29, 1.82) is 0 Å². The van der Waals surface area contributed by atoms with Crippen molar-refractivity contribution in [3.8, 4) is 0 Å². The number of rotatable bonds is 3. The van der Waals surface area contributed by atoms with E-state index in [0.717, 1.165) is 18.5 Å². The molecule has 5 heteroatoms. The Morgan fingerprint density at radius 3 is 2.41 bits per heavy atom. The second-order valence-electron chi connectivity index (χ2n) is 6.93. The maximum Gasteiger partial charge on any atom is 0.253 e. The largest absolute Gasteiger partial charge is 0.352 e. The van der Waals surface area contributed by atoms with E-state index in [4.69, 9.17) is 5.73 Å². The second kappa shape index (κ2) is 6.48. The van der Waals surface area contributed by atoms with Crippen molar-refractivity contribution in [3.63, 3.8) is 0 Å². The van der Waals surface area contributed by atoms with Crippen LogP contribution in [0.1, 0.15) is 43.1 Å². The average molecular weight is 303 g/mol. The summed E-state index contributed by atoms with van der Waals surface area (Å²) in [7, 11) is 0. The first-order chi connectivity index (χ1) is 10.3. The predicted molar refractivity (Wildman–Crippen MR) is 86.2 cm³/mol. The maximum absolute atomic E-state index is 12.3. The van der Waals surface area contributed by atoms with Crippen LogP contribution in [-0.4, -0.2) is 35.8 Å². The summed E-state index contributed by atoms with van der Waals surface area (Å²) in [5.74, 6) is 0.0388. The number of carbonyl (C=O) groups excluding carboxylic acids is 2. The first-order valence-electron chi connectivity index (χ1n) is 7.69. The number of nitrogens with zero attached hydrogens (tertiary/aromatic N) is 1. The Bertz CT molecular complexity index is 546. The number of hydrogen-bond acceptors (Lipinski definition) is 3. The van der Waals surface area contributed by atoms with Crippen LogP contribution in [0.2, 0.25) is 0 Å². The third kappa shape index (κ3) is 4.07. The van der Waals surface area contributed by atoms with Gasteiger partial charge in [0.25, 0.3) is 5.91 Å². The molecule has 1 heterocycles. The molecule has 22 heavy (non-hydrogen) atoms. The number of likely N-dealkylation sites (tertiary alicyclic amines) is 1. The Kier molecular flexibility index (Phi) is 4.86. The number of benzene rings is 1. The number of amides is 2. The van der Waals surface area contributed by atoms with Crippen LogP contribution in [0.5, 0.6) is 0 Å². The minimum absolute atomic E-state index is 0.0127. The van der Waals surface area contributed by atoms with Crippen LogP contribution in [0, 0.1) is 5.41 Å². The molecule has 0 aliphatic carbocycles. The topological polar surface area (TPSA) is 75.4 Å². The zero-order chi connectivity index (χ0) is 16.3. The second-order valence-corrected chi connectivity index (χ2v) is 6.93. The van der Waals surface area contributed by atoms with Gasteiger partial charge in [0.15, 0.2) is 0 Å². The van der Waals surface area contributed by atoms with Crippen molar-refractivity contribution in [3.05, 3.63) is 35.4 Å². The van der Waals surface area contributed by atoms with Gasteiger partial charge < -0.3 is 16.0 Å². The summed E-state index contributed by atoms with van der Waals surface area (Å²) < 4.78 is 0. The molecular formula is C17H25N3O2. The van der Waals surface area contributed by atoms with Gasteiger partial charge in [0.05, 0.1) is 0 Å². The number of carbonyl (C=O) groups is 2. The molecule has 1 aromatic rings. The van der Waals surface area contributed by atoms with E-state index >= 15 is 0 Å². The zero-order valence-corrected chi connectivity index (χ0v) is 13.6. The lowest BCUT2D eigenvalue weighted by Gasteiger charge is -2.18. The van der Waals surface area contributed by atoms with Crippen molar-refractivity contribution >= 4 is 11.8 Å². The van der Waals surface area contributed by atoms with Gasteiger partial charge >= 0.3 is 0 Å². The Morgan fingerprint density at radius 2 is 1.91 bits per heavy atom. The summed E-state index contributed by atoms with van der Waals surface area (Å²) in [4.78, 5) is 25.9. The molecule has 0 bridgehead atoms. The van der Waals surface area contributed by atoms with E-state index < -0.39 is 5.41 Å². The van der Waals surface area contributed by atoms with Crippen LogP contribution in [0.4, 0.5) is 0 Å². The van der Waals surface area contributed by atoms with Gasteiger partial charge in [-0.3, -0.25) is 9.59 Å². The van der Waals surface area contributed by atoms with Gasteiger partial charge in [-0.05, 0) is 24.1 Å². The Labute approximate surface area is 131 Å². The standard InChI is InChI=1S/C17H25N3O2/c1-17(2,3)16(22)19-10-12-4-6-13(7-5-12)15(21)20-9-8-14(18)11-20/h4-7,14H,8-11,18H2,1-3H3,(H,19,22)/t14-/m1/s1. The molecule has 5 nitrogen and oxygen atoms in total. The molecule has 0 saturated carbocycles. The summed E-state index contributed by atoms with van der Waals surface area (Å²) in [6, 6.07) is 7.48. The van der Waals surface area contributed by atoms with E-state index in [0.29, 0.717) is 18.7 Å². The molecular weight excluding hydrogens is 278 g/mol. The van der Waals surface area contributed by atoms with Crippen LogP contribution >= 0.6 is 0 Å². The Balaban J connectivity index is 1.93. The van der Waals surface area contributed by atoms with Gasteiger partial charge in [0, 0.05) is 36.7 Å². The highest BCUT2D eigenvalue weighted by Gasteiger charge is 2.24. The zero-order valence-electron chi connectivity index (χ0n) is 13.6. The van der Waals surface area contributed by atoms with E-state index in [2.05, 4.69) is 5.32 Å². The molecule has 1 atom stereocenters. The molecule has 3 N–H and O–H groups in total. The SMILES string of the molecule is CC(C)(C)C(=O)NCc1ccc(C(=O)N2CC[C@@H](N)C2)cc1. The van der Waals surface area contributed by atoms with E-state index in [-0.39, 0.29) is 17.9 Å². The summed E-state index contributed by atoms with van der Waals surface area (Å²) in [6.45, 7) is 7.46. The molecule has 1 saturated heterocycles. The van der Waals surface area contributed by atoms with E-state index in [1.807, 2.05) is 45.0 Å². The molecule has 1 aliphatic heterocycles. The Morgan fingerprint density at radius 1 is 1.27 bits per heavy atom. The average Bonchev–Trinajstić information content (AvgIpc) is 2.90. The molecule has 2 amide bonds. The lowest BCUT2D eigenvalue weighted by Crippen LogP contribution is -2.34. The van der Waals surface area contributed by atoms with Gasteiger partial charge in [0.1, 0.15) is 0 Å². The molecule has 0 unspecified atom stereocenters. The highest BCUT2D eigenvalue weighted by atomic mass is 16.2. The first-order valence-corrected chi connectivity index (χ1v) is 7.69. The smallest absolute Gasteiger partial charge is 0.253 e. The van der Waals surface area contributed by atoms with Gasteiger partial charge in [-0.15, -0.1) is 0 Å². The molecule has 2 rings (SSSR count). The fraction of sp³-hybridized carbons (Fsp3) is 0.529. The van der Waals surface area contributed by atoms with Crippen LogP contribution in [0.25, 0.3) is 0 Å². The minimum Gasteiger partial charge on any atom is -0.352 e. The molecule has 1 aromatic carbocycles. The number of nitrogens with two attached hydrogens (primary N) is 1. The van der Waals surface area contributed by atoms with Gasteiger partial charge in [0.2, 0.25) is 5.91 Å². The normalized spacial score (nSPS) is 18.4.